The molecule has 0 aliphatic rings. The average molecular weight is 440 g/mol. The second-order valence-electron chi connectivity index (χ2n) is 4.24. The summed E-state index contributed by atoms with van der Waals surface area (Å²) in [4.78, 5) is 4.44. The molecular formula is C12H12Br2N2O2S2. The quantitative estimate of drug-likeness (QED) is 0.788. The number of nitrogens with zero attached hydrogens (tertiary/aromatic N) is 1. The Hall–Kier alpha value is -0.280. The first-order valence-electron chi connectivity index (χ1n) is 5.66. The summed E-state index contributed by atoms with van der Waals surface area (Å²) in [5.74, 6) is 0. The van der Waals surface area contributed by atoms with Crippen LogP contribution in [0.4, 0.5) is 0 Å². The van der Waals surface area contributed by atoms with Gasteiger partial charge in [0.15, 0.2) is 0 Å². The minimum Gasteiger partial charge on any atom is -0.245 e. The maximum atomic E-state index is 12.3. The summed E-state index contributed by atoms with van der Waals surface area (Å²) in [5.41, 5.74) is 1.86. The summed E-state index contributed by atoms with van der Waals surface area (Å²) in [7, 11) is -3.58. The van der Waals surface area contributed by atoms with E-state index < -0.39 is 10.0 Å². The second-order valence-corrected chi connectivity index (χ2v) is 8.63. The van der Waals surface area contributed by atoms with Crippen molar-refractivity contribution in [3.63, 3.8) is 0 Å². The maximum Gasteiger partial charge on any atom is 0.242 e. The number of halogens is 2. The molecule has 0 radical (unpaired) electrons. The third-order valence-electron chi connectivity index (χ3n) is 2.58. The van der Waals surface area contributed by atoms with Gasteiger partial charge in [0.1, 0.15) is 5.01 Å². The summed E-state index contributed by atoms with van der Waals surface area (Å²) < 4.78 is 28.5. The van der Waals surface area contributed by atoms with Crippen molar-refractivity contribution in [2.24, 2.45) is 0 Å². The molecule has 0 fully saturated rings. The van der Waals surface area contributed by atoms with Crippen LogP contribution >= 0.6 is 43.2 Å². The number of thiazole rings is 1. The minimum absolute atomic E-state index is 0.193. The number of sulfonamides is 1. The van der Waals surface area contributed by atoms with Crippen LogP contribution in [0.5, 0.6) is 0 Å². The zero-order chi connectivity index (χ0) is 14.9. The van der Waals surface area contributed by atoms with Crippen LogP contribution in [-0.4, -0.2) is 13.4 Å². The minimum atomic E-state index is -3.58. The van der Waals surface area contributed by atoms with Crippen LogP contribution in [0.1, 0.15) is 16.3 Å². The van der Waals surface area contributed by atoms with E-state index in [9.17, 15) is 8.42 Å². The molecule has 0 aliphatic heterocycles. The van der Waals surface area contributed by atoms with Gasteiger partial charge in [-0.15, -0.1) is 11.3 Å². The summed E-state index contributed by atoms with van der Waals surface area (Å²) in [5, 5.41) is 2.63. The fourth-order valence-electron chi connectivity index (χ4n) is 1.55. The number of hydrogen-bond donors (Lipinski definition) is 1. The predicted molar refractivity (Wildman–Crippen MR) is 87.5 cm³/mol. The molecule has 4 nitrogen and oxygen atoms in total. The van der Waals surface area contributed by atoms with E-state index in [1.165, 1.54) is 11.3 Å². The zero-order valence-corrected chi connectivity index (χ0v) is 15.6. The van der Waals surface area contributed by atoms with E-state index in [2.05, 4.69) is 41.6 Å². The van der Waals surface area contributed by atoms with Crippen molar-refractivity contribution in [2.45, 2.75) is 25.3 Å². The lowest BCUT2D eigenvalue weighted by Crippen LogP contribution is -2.23. The van der Waals surface area contributed by atoms with Crippen molar-refractivity contribution in [1.29, 1.82) is 0 Å². The molecule has 1 N–H and O–H groups in total. The highest BCUT2D eigenvalue weighted by atomic mass is 79.9. The van der Waals surface area contributed by atoms with Crippen LogP contribution in [0.2, 0.25) is 0 Å². The van der Waals surface area contributed by atoms with Gasteiger partial charge in [-0.25, -0.2) is 18.1 Å². The molecule has 1 aromatic carbocycles. The molecule has 0 unspecified atom stereocenters. The Bertz CT molecular complexity index is 742. The lowest BCUT2D eigenvalue weighted by molar-refractivity contribution is 0.580. The van der Waals surface area contributed by atoms with Gasteiger partial charge in [0.05, 0.1) is 11.4 Å². The van der Waals surface area contributed by atoms with Gasteiger partial charge in [0.2, 0.25) is 10.0 Å². The maximum absolute atomic E-state index is 12.3. The zero-order valence-electron chi connectivity index (χ0n) is 10.8. The van der Waals surface area contributed by atoms with Crippen molar-refractivity contribution < 1.29 is 8.42 Å². The molecule has 0 atom stereocenters. The lowest BCUT2D eigenvalue weighted by atomic mass is 10.2. The van der Waals surface area contributed by atoms with Crippen molar-refractivity contribution in [1.82, 2.24) is 9.71 Å². The van der Waals surface area contributed by atoms with Gasteiger partial charge in [0, 0.05) is 20.0 Å². The van der Waals surface area contributed by atoms with Gasteiger partial charge in [-0.3, -0.25) is 0 Å². The smallest absolute Gasteiger partial charge is 0.242 e. The van der Waals surface area contributed by atoms with E-state index >= 15 is 0 Å². The fraction of sp³-hybridized carbons (Fsp3) is 0.250. The van der Waals surface area contributed by atoms with Gasteiger partial charge in [-0.1, -0.05) is 15.9 Å². The number of rotatable bonds is 4. The third kappa shape index (κ3) is 3.67. The summed E-state index contributed by atoms with van der Waals surface area (Å²) in [6.07, 6.45) is 0. The van der Waals surface area contributed by atoms with Crippen LogP contribution in [0.3, 0.4) is 0 Å². The first kappa shape index (κ1) is 16.1. The fourth-order valence-corrected chi connectivity index (χ4v) is 5.02. The number of aromatic nitrogens is 1. The molecule has 0 spiro atoms. The Morgan fingerprint density at radius 1 is 1.25 bits per heavy atom. The SMILES string of the molecule is Cc1csc(CNS(=O)(=O)c2cc(Br)c(C)cc2Br)n1. The molecule has 0 aliphatic carbocycles. The topological polar surface area (TPSA) is 59.1 Å². The third-order valence-corrected chi connectivity index (χ3v) is 6.76. The molecule has 0 bridgehead atoms. The normalized spacial score (nSPS) is 11.8. The molecule has 0 saturated carbocycles. The standard InChI is InChI=1S/C12H12Br2N2O2S2/c1-7-3-10(14)11(4-9(7)13)20(17,18)15-5-12-16-8(2)6-19-12/h3-4,6,15H,5H2,1-2H3. The van der Waals surface area contributed by atoms with Crippen LogP contribution in [-0.2, 0) is 16.6 Å². The molecule has 108 valence electrons. The summed E-state index contributed by atoms with van der Waals surface area (Å²) in [6.45, 7) is 3.97. The van der Waals surface area contributed by atoms with Crippen molar-refractivity contribution in [2.75, 3.05) is 0 Å². The van der Waals surface area contributed by atoms with Gasteiger partial charge in [-0.2, -0.15) is 0 Å². The first-order chi connectivity index (χ1) is 9.29. The number of hydrogen-bond acceptors (Lipinski definition) is 4. The molecule has 1 heterocycles. The summed E-state index contributed by atoms with van der Waals surface area (Å²) >= 11 is 8.08. The van der Waals surface area contributed by atoms with Gasteiger partial charge >= 0.3 is 0 Å². The average Bonchev–Trinajstić information content (AvgIpc) is 2.77. The molecule has 20 heavy (non-hydrogen) atoms. The van der Waals surface area contributed by atoms with E-state index in [0.29, 0.717) is 4.47 Å². The van der Waals surface area contributed by atoms with Gasteiger partial charge in [-0.05, 0) is 47.5 Å². The van der Waals surface area contributed by atoms with E-state index in [4.69, 9.17) is 0 Å². The molecule has 2 aromatic rings. The number of nitrogens with one attached hydrogen (secondary N) is 1. The Labute approximate surface area is 138 Å². The highest BCUT2D eigenvalue weighted by Gasteiger charge is 2.19. The molecule has 1 aromatic heterocycles. The van der Waals surface area contributed by atoms with Crippen LogP contribution in [0, 0.1) is 13.8 Å². The van der Waals surface area contributed by atoms with Gasteiger partial charge < -0.3 is 0 Å². The van der Waals surface area contributed by atoms with Crippen molar-refractivity contribution >= 4 is 53.2 Å². The first-order valence-corrected chi connectivity index (χ1v) is 9.61. The highest BCUT2D eigenvalue weighted by molar-refractivity contribution is 9.11. The summed E-state index contributed by atoms with van der Waals surface area (Å²) in [6, 6.07) is 3.36. The second kappa shape index (κ2) is 6.23. The largest absolute Gasteiger partial charge is 0.245 e. The molecule has 2 rings (SSSR count). The van der Waals surface area contributed by atoms with Crippen LogP contribution < -0.4 is 4.72 Å². The highest BCUT2D eigenvalue weighted by Crippen LogP contribution is 2.28. The Morgan fingerprint density at radius 3 is 2.55 bits per heavy atom. The molecule has 8 heteroatoms. The van der Waals surface area contributed by atoms with E-state index in [1.54, 1.807) is 12.1 Å². The van der Waals surface area contributed by atoms with Crippen LogP contribution in [0.25, 0.3) is 0 Å². The Kier molecular flexibility index (Phi) is 5.01. The van der Waals surface area contributed by atoms with E-state index in [0.717, 1.165) is 20.7 Å². The van der Waals surface area contributed by atoms with Crippen molar-refractivity contribution in [3.8, 4) is 0 Å². The molecular weight excluding hydrogens is 428 g/mol. The number of benzene rings is 1. The molecule has 0 saturated heterocycles. The predicted octanol–water partition coefficient (Wildman–Crippen LogP) is 3.76. The van der Waals surface area contributed by atoms with E-state index in [-0.39, 0.29) is 11.4 Å². The monoisotopic (exact) mass is 438 g/mol. The lowest BCUT2D eigenvalue weighted by Gasteiger charge is -2.09. The van der Waals surface area contributed by atoms with Crippen molar-refractivity contribution in [3.05, 3.63) is 42.7 Å². The van der Waals surface area contributed by atoms with Crippen LogP contribution in [0.15, 0.2) is 31.4 Å². The van der Waals surface area contributed by atoms with Gasteiger partial charge in [0.25, 0.3) is 0 Å². The Morgan fingerprint density at radius 2 is 1.95 bits per heavy atom. The Balaban J connectivity index is 2.24. The van der Waals surface area contributed by atoms with E-state index in [1.807, 2.05) is 19.2 Å². The number of aryl methyl sites for hydroxylation is 2. The molecule has 0 amide bonds.